The summed E-state index contributed by atoms with van der Waals surface area (Å²) in [4.78, 5) is 76.3. The van der Waals surface area contributed by atoms with Gasteiger partial charge in [0, 0.05) is 44.3 Å². The van der Waals surface area contributed by atoms with Crippen LogP contribution in [0.5, 0.6) is 5.75 Å². The molecule has 1 aliphatic carbocycles. The third kappa shape index (κ3) is 10.4. The molecule has 0 bridgehead atoms. The summed E-state index contributed by atoms with van der Waals surface area (Å²) in [7, 11) is 4.93. The van der Waals surface area contributed by atoms with E-state index in [4.69, 9.17) is 9.47 Å². The number of ketones is 2. The zero-order valence-corrected chi connectivity index (χ0v) is 29.8. The SMILES string of the molecule is CNC(=O)C(CC=CCC(NC(=O)OCC1c2ccccc2-c2ccccc21)C(=O)CCC(=O)Oc1cccc([N+](=O)[O-])c1CN(C)C)CC(C)=O. The van der Waals surface area contributed by atoms with E-state index < -0.39 is 34.7 Å². The summed E-state index contributed by atoms with van der Waals surface area (Å²) in [5.74, 6) is -2.46. The molecule has 0 spiro atoms. The maximum absolute atomic E-state index is 13.5. The van der Waals surface area contributed by atoms with Crippen LogP contribution in [0.2, 0.25) is 0 Å². The Morgan fingerprint density at radius 2 is 1.54 bits per heavy atom. The number of nitrogens with one attached hydrogen (secondary N) is 2. The predicted molar refractivity (Wildman–Crippen MR) is 194 cm³/mol. The molecule has 0 aromatic heterocycles. The quantitative estimate of drug-likeness (QED) is 0.0564. The fourth-order valence-corrected chi connectivity index (χ4v) is 6.25. The number of carbonyl (C=O) groups is 5. The largest absolute Gasteiger partial charge is 0.449 e. The first-order valence-corrected chi connectivity index (χ1v) is 17.0. The molecule has 13 nitrogen and oxygen atoms in total. The van der Waals surface area contributed by atoms with Crippen LogP contribution in [-0.4, -0.2) is 73.2 Å². The van der Waals surface area contributed by atoms with E-state index in [-0.39, 0.29) is 79.9 Å². The van der Waals surface area contributed by atoms with Crippen LogP contribution in [0.15, 0.2) is 78.9 Å². The fourth-order valence-electron chi connectivity index (χ4n) is 6.25. The van der Waals surface area contributed by atoms with Crippen LogP contribution in [0.4, 0.5) is 10.5 Å². The van der Waals surface area contributed by atoms with Crippen molar-refractivity contribution >= 4 is 35.2 Å². The molecule has 274 valence electrons. The van der Waals surface area contributed by atoms with Gasteiger partial charge in [-0.25, -0.2) is 4.79 Å². The van der Waals surface area contributed by atoms with E-state index >= 15 is 0 Å². The summed E-state index contributed by atoms with van der Waals surface area (Å²) in [5, 5.41) is 16.8. The average Bonchev–Trinajstić information content (AvgIpc) is 3.43. The van der Waals surface area contributed by atoms with Crippen molar-refractivity contribution in [2.24, 2.45) is 5.92 Å². The lowest BCUT2D eigenvalue weighted by atomic mass is 9.97. The second kappa shape index (κ2) is 18.5. The number of hydrogen-bond acceptors (Lipinski definition) is 10. The van der Waals surface area contributed by atoms with Gasteiger partial charge in [0.25, 0.3) is 5.69 Å². The molecule has 3 aromatic rings. The van der Waals surface area contributed by atoms with Crippen LogP contribution in [-0.2, 0) is 30.5 Å². The number of benzene rings is 3. The van der Waals surface area contributed by atoms with Crippen LogP contribution >= 0.6 is 0 Å². The average molecular weight is 713 g/mol. The van der Waals surface area contributed by atoms with Gasteiger partial charge in [-0.2, -0.15) is 0 Å². The molecule has 0 saturated heterocycles. The molecule has 52 heavy (non-hydrogen) atoms. The standard InChI is InChI=1S/C39H44N4O9/c1-25(44)22-26(38(47)40-2)12-5-10-17-33(35(45)20-21-37(46)52-36-19-11-18-34(43(49)50)31(36)23-42(3)4)41-39(48)51-24-32-29-15-8-6-13-27(29)28-14-7-9-16-30(28)32/h5-11,13-16,18-19,26,32-33H,12,17,20-24H2,1-4H3,(H,40,47)(H,41,48). The minimum absolute atomic E-state index is 0.0211. The lowest BCUT2D eigenvalue weighted by Gasteiger charge is -2.19. The normalized spacial score (nSPS) is 13.2. The number of nitro groups is 1. The van der Waals surface area contributed by atoms with Gasteiger partial charge in [0.15, 0.2) is 5.78 Å². The molecular weight excluding hydrogens is 668 g/mol. The summed E-state index contributed by atoms with van der Waals surface area (Å²) in [5.41, 5.74) is 4.21. The monoisotopic (exact) mass is 712 g/mol. The van der Waals surface area contributed by atoms with E-state index in [1.54, 1.807) is 31.1 Å². The van der Waals surface area contributed by atoms with Gasteiger partial charge in [-0.05, 0) is 62.2 Å². The van der Waals surface area contributed by atoms with Crippen LogP contribution in [0.3, 0.4) is 0 Å². The van der Waals surface area contributed by atoms with Gasteiger partial charge in [0.2, 0.25) is 5.91 Å². The predicted octanol–water partition coefficient (Wildman–Crippen LogP) is 5.50. The number of allylic oxidation sites excluding steroid dienone is 1. The zero-order chi connectivity index (χ0) is 37.8. The van der Waals surface area contributed by atoms with Crippen molar-refractivity contribution in [3.63, 3.8) is 0 Å². The first-order chi connectivity index (χ1) is 24.9. The van der Waals surface area contributed by atoms with Gasteiger partial charge >= 0.3 is 12.1 Å². The van der Waals surface area contributed by atoms with Gasteiger partial charge in [0.1, 0.15) is 18.1 Å². The zero-order valence-electron chi connectivity index (χ0n) is 29.8. The van der Waals surface area contributed by atoms with Gasteiger partial charge < -0.3 is 29.8 Å². The van der Waals surface area contributed by atoms with Crippen molar-refractivity contribution in [3.05, 3.63) is 106 Å². The number of alkyl carbamates (subject to hydrolysis) is 1. The third-order valence-electron chi connectivity index (χ3n) is 8.71. The minimum Gasteiger partial charge on any atom is -0.449 e. The minimum atomic E-state index is -1.09. The number of amides is 2. The van der Waals surface area contributed by atoms with E-state index in [2.05, 4.69) is 10.6 Å². The highest BCUT2D eigenvalue weighted by atomic mass is 16.6. The van der Waals surface area contributed by atoms with Gasteiger partial charge in [-0.3, -0.25) is 24.5 Å². The Balaban J connectivity index is 1.44. The van der Waals surface area contributed by atoms with Crippen molar-refractivity contribution < 1.29 is 38.4 Å². The lowest BCUT2D eigenvalue weighted by Crippen LogP contribution is -2.41. The summed E-state index contributed by atoms with van der Waals surface area (Å²) < 4.78 is 11.1. The van der Waals surface area contributed by atoms with E-state index in [1.165, 1.54) is 32.2 Å². The number of esters is 1. The van der Waals surface area contributed by atoms with Crippen LogP contribution in [0.1, 0.15) is 61.6 Å². The van der Waals surface area contributed by atoms with E-state index in [0.29, 0.717) is 0 Å². The summed E-state index contributed by atoms with van der Waals surface area (Å²) in [6, 6.07) is 18.9. The number of fused-ring (bicyclic) bond motifs is 3. The number of nitrogens with zero attached hydrogens (tertiary/aromatic N) is 2. The van der Waals surface area contributed by atoms with Crippen molar-refractivity contribution in [2.75, 3.05) is 27.7 Å². The Hall–Kier alpha value is -5.69. The summed E-state index contributed by atoms with van der Waals surface area (Å²) in [6.07, 6.45) is 2.14. The second-order valence-electron chi connectivity index (χ2n) is 12.9. The highest BCUT2D eigenvalue weighted by Crippen LogP contribution is 2.44. The van der Waals surface area contributed by atoms with Gasteiger partial charge in [-0.1, -0.05) is 66.7 Å². The third-order valence-corrected chi connectivity index (χ3v) is 8.71. The highest BCUT2D eigenvalue weighted by Gasteiger charge is 2.30. The molecule has 2 unspecified atom stereocenters. The summed E-state index contributed by atoms with van der Waals surface area (Å²) in [6.45, 7) is 1.57. The molecule has 2 amide bonds. The Morgan fingerprint density at radius 1 is 0.904 bits per heavy atom. The number of hydrogen-bond donors (Lipinski definition) is 2. The maximum Gasteiger partial charge on any atom is 0.407 e. The molecule has 2 N–H and O–H groups in total. The van der Waals surface area contributed by atoms with E-state index in [9.17, 15) is 34.1 Å². The van der Waals surface area contributed by atoms with Crippen molar-refractivity contribution in [1.29, 1.82) is 0 Å². The van der Waals surface area contributed by atoms with E-state index in [1.807, 2.05) is 48.5 Å². The van der Waals surface area contributed by atoms with Gasteiger partial charge in [-0.15, -0.1) is 0 Å². The van der Waals surface area contributed by atoms with Crippen LogP contribution < -0.4 is 15.4 Å². The molecular formula is C39H44N4O9. The molecule has 0 aliphatic heterocycles. The number of Topliss-reactive ketones (excluding diaryl/α,β-unsaturated/α-hetero) is 2. The number of carbonyl (C=O) groups excluding carboxylic acids is 5. The maximum atomic E-state index is 13.5. The molecule has 13 heteroatoms. The fraction of sp³-hybridized carbons (Fsp3) is 0.359. The van der Waals surface area contributed by atoms with Crippen LogP contribution in [0, 0.1) is 16.0 Å². The molecule has 0 heterocycles. The van der Waals surface area contributed by atoms with Crippen molar-refractivity contribution in [3.8, 4) is 16.9 Å². The van der Waals surface area contributed by atoms with Crippen LogP contribution in [0.25, 0.3) is 11.1 Å². The Bertz CT molecular complexity index is 1790. The number of rotatable bonds is 18. The smallest absolute Gasteiger partial charge is 0.407 e. The molecule has 2 atom stereocenters. The first kappa shape index (κ1) is 39.1. The van der Waals surface area contributed by atoms with E-state index in [0.717, 1.165) is 22.3 Å². The second-order valence-corrected chi connectivity index (χ2v) is 12.9. The molecule has 0 fully saturated rings. The van der Waals surface area contributed by atoms with Crippen molar-refractivity contribution in [1.82, 2.24) is 15.5 Å². The molecule has 1 aliphatic rings. The summed E-state index contributed by atoms with van der Waals surface area (Å²) >= 11 is 0. The first-order valence-electron chi connectivity index (χ1n) is 17.0. The van der Waals surface area contributed by atoms with Crippen molar-refractivity contribution in [2.45, 2.75) is 57.5 Å². The Kier molecular flexibility index (Phi) is 13.9. The topological polar surface area (TPSA) is 174 Å². The highest BCUT2D eigenvalue weighted by molar-refractivity contribution is 5.90. The Morgan fingerprint density at radius 3 is 2.13 bits per heavy atom. The van der Waals surface area contributed by atoms with Gasteiger partial charge in [0.05, 0.1) is 22.9 Å². The molecule has 0 saturated carbocycles. The molecule has 4 rings (SSSR count). The molecule has 0 radical (unpaired) electrons. The molecule has 3 aromatic carbocycles. The Labute approximate surface area is 302 Å². The number of nitro benzene ring substituents is 1. The number of ether oxygens (including phenoxy) is 2. The lowest BCUT2D eigenvalue weighted by molar-refractivity contribution is -0.385.